The molecule has 2 rings (SSSR count). The fourth-order valence-electron chi connectivity index (χ4n) is 1.88. The van der Waals surface area contributed by atoms with Crippen LogP contribution in [0.4, 0.5) is 0 Å². The van der Waals surface area contributed by atoms with Gasteiger partial charge in [0.25, 0.3) is 0 Å². The lowest BCUT2D eigenvalue weighted by atomic mass is 10.1. The fraction of sp³-hybridized carbons (Fsp3) is 0.235. The van der Waals surface area contributed by atoms with Crippen molar-refractivity contribution in [1.29, 1.82) is 0 Å². The van der Waals surface area contributed by atoms with Crippen molar-refractivity contribution in [3.05, 3.63) is 53.8 Å². The van der Waals surface area contributed by atoms with Crippen LogP contribution < -0.4 is 0 Å². The molecule has 5 heteroatoms. The van der Waals surface area contributed by atoms with Crippen molar-refractivity contribution in [2.45, 2.75) is 13.8 Å². The molecule has 0 atom stereocenters. The van der Waals surface area contributed by atoms with E-state index in [1.54, 1.807) is 19.9 Å². The van der Waals surface area contributed by atoms with E-state index in [0.717, 1.165) is 5.56 Å². The van der Waals surface area contributed by atoms with Crippen molar-refractivity contribution in [2.75, 3.05) is 13.2 Å². The summed E-state index contributed by atoms with van der Waals surface area (Å²) in [7, 11) is 0. The van der Waals surface area contributed by atoms with Gasteiger partial charge in [-0.3, -0.25) is 0 Å². The lowest BCUT2D eigenvalue weighted by Gasteiger charge is -2.01. The van der Waals surface area contributed by atoms with E-state index < -0.39 is 11.9 Å². The average Bonchev–Trinajstić information content (AvgIpc) is 2.55. The molecule has 0 radical (unpaired) electrons. The second kappa shape index (κ2) is 7.36. The van der Waals surface area contributed by atoms with Gasteiger partial charge in [0.05, 0.1) is 36.5 Å². The standard InChI is InChI=1S/C17H17O5/c1-3-20-16(18)13-10-14(12-8-6-5-7-9-12)22-15(11-13)17(19)21-4-2/h5-11H,3-4H2,1-2H3/q+1. The highest BCUT2D eigenvalue weighted by atomic mass is 16.5. The number of carbonyl (C=O) groups is 2. The monoisotopic (exact) mass is 301 g/mol. The average molecular weight is 301 g/mol. The molecule has 2 aromatic rings. The van der Waals surface area contributed by atoms with Crippen molar-refractivity contribution in [2.24, 2.45) is 0 Å². The van der Waals surface area contributed by atoms with Gasteiger partial charge in [-0.25, -0.2) is 9.59 Å². The van der Waals surface area contributed by atoms with Gasteiger partial charge < -0.3 is 9.47 Å². The van der Waals surface area contributed by atoms with Gasteiger partial charge in [-0.05, 0) is 26.0 Å². The molecule has 0 unspecified atom stereocenters. The Hall–Kier alpha value is -2.69. The number of carbonyl (C=O) groups excluding carboxylic acids is 2. The molecule has 1 heterocycles. The summed E-state index contributed by atoms with van der Waals surface area (Å²) in [5.74, 6) is -0.771. The van der Waals surface area contributed by atoms with E-state index in [1.165, 1.54) is 6.07 Å². The van der Waals surface area contributed by atoms with Crippen LogP contribution in [0.2, 0.25) is 0 Å². The molecule has 0 spiro atoms. The highest BCUT2D eigenvalue weighted by Crippen LogP contribution is 2.23. The fourth-order valence-corrected chi connectivity index (χ4v) is 1.88. The molecule has 0 aliphatic carbocycles. The van der Waals surface area contributed by atoms with E-state index >= 15 is 0 Å². The zero-order valence-corrected chi connectivity index (χ0v) is 12.5. The number of ether oxygens (including phenoxy) is 2. The maximum Gasteiger partial charge on any atom is 0.438 e. The highest BCUT2D eigenvalue weighted by Gasteiger charge is 2.28. The van der Waals surface area contributed by atoms with E-state index in [9.17, 15) is 9.59 Å². The first-order chi connectivity index (χ1) is 10.7. The molecule has 0 bridgehead atoms. The van der Waals surface area contributed by atoms with Gasteiger partial charge in [0, 0.05) is 0 Å². The summed E-state index contributed by atoms with van der Waals surface area (Å²) in [5.41, 5.74) is 0.995. The topological polar surface area (TPSA) is 63.9 Å². The summed E-state index contributed by atoms with van der Waals surface area (Å²) in [6.07, 6.45) is 0. The molecule has 0 aliphatic rings. The Kier molecular flexibility index (Phi) is 5.25. The van der Waals surface area contributed by atoms with Crippen LogP contribution in [0.5, 0.6) is 0 Å². The number of hydrogen-bond donors (Lipinski definition) is 0. The molecule has 0 N–H and O–H groups in total. The normalized spacial score (nSPS) is 10.1. The van der Waals surface area contributed by atoms with Gasteiger partial charge in [0.2, 0.25) is 0 Å². The van der Waals surface area contributed by atoms with Crippen molar-refractivity contribution in [3.8, 4) is 11.3 Å². The molecule has 0 saturated heterocycles. The molecule has 0 fully saturated rings. The number of benzene rings is 1. The van der Waals surface area contributed by atoms with Gasteiger partial charge in [0.1, 0.15) is 0 Å². The zero-order chi connectivity index (χ0) is 15.9. The summed E-state index contributed by atoms with van der Waals surface area (Å²) in [5, 5.41) is 0. The van der Waals surface area contributed by atoms with Gasteiger partial charge >= 0.3 is 23.5 Å². The van der Waals surface area contributed by atoms with Crippen molar-refractivity contribution >= 4 is 11.9 Å². The summed E-state index contributed by atoms with van der Waals surface area (Å²) < 4.78 is 15.5. The molecule has 0 saturated carbocycles. The van der Waals surface area contributed by atoms with Crippen LogP contribution in [0, 0.1) is 0 Å². The summed E-state index contributed by atoms with van der Waals surface area (Å²) in [4.78, 5) is 23.8. The van der Waals surface area contributed by atoms with Gasteiger partial charge in [-0.2, -0.15) is 4.42 Å². The van der Waals surface area contributed by atoms with Crippen LogP contribution >= 0.6 is 0 Å². The molecule has 114 valence electrons. The van der Waals surface area contributed by atoms with E-state index in [4.69, 9.17) is 13.9 Å². The van der Waals surface area contributed by atoms with E-state index in [2.05, 4.69) is 0 Å². The number of rotatable bonds is 5. The van der Waals surface area contributed by atoms with Crippen LogP contribution in [-0.2, 0) is 9.47 Å². The van der Waals surface area contributed by atoms with E-state index in [0.29, 0.717) is 5.76 Å². The Labute approximate surface area is 128 Å². The SMILES string of the molecule is CCOC(=O)c1cc(C(=O)OCC)[o+]c(-c2ccccc2)c1. The second-order valence-electron chi connectivity index (χ2n) is 4.38. The first kappa shape index (κ1) is 15.7. The summed E-state index contributed by atoms with van der Waals surface area (Å²) in [6, 6.07) is 12.1. The van der Waals surface area contributed by atoms with Crippen LogP contribution in [0.1, 0.15) is 34.8 Å². The van der Waals surface area contributed by atoms with Crippen LogP contribution in [0.15, 0.2) is 46.9 Å². The third-order valence-electron chi connectivity index (χ3n) is 2.84. The largest absolute Gasteiger partial charge is 0.462 e. The molecule has 1 aromatic carbocycles. The van der Waals surface area contributed by atoms with Crippen molar-refractivity contribution in [3.63, 3.8) is 0 Å². The molecular formula is C17H17O5+. The minimum absolute atomic E-state index is 0.0359. The minimum Gasteiger partial charge on any atom is -0.462 e. The first-order valence-electron chi connectivity index (χ1n) is 7.03. The van der Waals surface area contributed by atoms with Gasteiger partial charge in [-0.15, -0.1) is 0 Å². The Morgan fingerprint density at radius 1 is 0.955 bits per heavy atom. The maximum absolute atomic E-state index is 11.9. The highest BCUT2D eigenvalue weighted by molar-refractivity contribution is 5.94. The van der Waals surface area contributed by atoms with Crippen LogP contribution in [0.3, 0.4) is 0 Å². The predicted molar refractivity (Wildman–Crippen MR) is 80.5 cm³/mol. The Balaban J connectivity index is 2.49. The minimum atomic E-state index is -0.620. The Morgan fingerprint density at radius 2 is 1.59 bits per heavy atom. The summed E-state index contributed by atoms with van der Waals surface area (Å²) in [6.45, 7) is 3.89. The van der Waals surface area contributed by atoms with E-state index in [-0.39, 0.29) is 24.5 Å². The van der Waals surface area contributed by atoms with Crippen LogP contribution in [0.25, 0.3) is 11.3 Å². The number of hydrogen-bond acceptors (Lipinski definition) is 4. The molecule has 0 aliphatic heterocycles. The number of esters is 2. The Morgan fingerprint density at radius 3 is 2.23 bits per heavy atom. The van der Waals surface area contributed by atoms with Crippen molar-refractivity contribution < 1.29 is 23.5 Å². The smallest absolute Gasteiger partial charge is 0.438 e. The maximum atomic E-state index is 11.9. The third-order valence-corrected chi connectivity index (χ3v) is 2.84. The third kappa shape index (κ3) is 3.69. The summed E-state index contributed by atoms with van der Waals surface area (Å²) >= 11 is 0. The molecule has 22 heavy (non-hydrogen) atoms. The van der Waals surface area contributed by atoms with E-state index in [1.807, 2.05) is 30.3 Å². The lowest BCUT2D eigenvalue weighted by molar-refractivity contribution is 0.0487. The Bertz CT molecular complexity index is 628. The second-order valence-corrected chi connectivity index (χ2v) is 4.38. The zero-order valence-electron chi connectivity index (χ0n) is 12.5. The van der Waals surface area contributed by atoms with Gasteiger partial charge in [-0.1, -0.05) is 18.2 Å². The van der Waals surface area contributed by atoms with Gasteiger partial charge in [0.15, 0.2) is 0 Å². The quantitative estimate of drug-likeness (QED) is 0.624. The first-order valence-corrected chi connectivity index (χ1v) is 7.03. The molecule has 5 nitrogen and oxygen atoms in total. The van der Waals surface area contributed by atoms with Crippen molar-refractivity contribution in [1.82, 2.24) is 0 Å². The predicted octanol–water partition coefficient (Wildman–Crippen LogP) is 3.58. The molecule has 1 aromatic heterocycles. The molecule has 0 amide bonds. The lowest BCUT2D eigenvalue weighted by Crippen LogP contribution is -2.09. The van der Waals surface area contributed by atoms with Crippen LogP contribution in [-0.4, -0.2) is 25.2 Å². The molecular weight excluding hydrogens is 284 g/mol.